The molecule has 0 amide bonds. The molecule has 0 aromatic carbocycles. The Balaban J connectivity index is 1.89. The predicted octanol–water partition coefficient (Wildman–Crippen LogP) is 1.19. The number of rotatable bonds is 7. The van der Waals surface area contributed by atoms with E-state index in [4.69, 9.17) is 9.47 Å². The van der Waals surface area contributed by atoms with Crippen LogP contribution in [-0.2, 0) is 21.4 Å². The van der Waals surface area contributed by atoms with Crippen molar-refractivity contribution < 1.29 is 9.47 Å². The van der Waals surface area contributed by atoms with E-state index >= 15 is 0 Å². The SMILES string of the molecule is COCCOCCn1cncc1C1(C)CCNCC1. The van der Waals surface area contributed by atoms with Crippen LogP contribution in [0.15, 0.2) is 12.5 Å². The van der Waals surface area contributed by atoms with Crippen LogP contribution >= 0.6 is 0 Å². The quantitative estimate of drug-likeness (QED) is 0.754. The number of nitrogens with one attached hydrogen (secondary N) is 1. The molecule has 1 N–H and O–H groups in total. The van der Waals surface area contributed by atoms with Crippen LogP contribution in [-0.4, -0.2) is 49.6 Å². The molecule has 19 heavy (non-hydrogen) atoms. The van der Waals surface area contributed by atoms with E-state index < -0.39 is 0 Å². The minimum atomic E-state index is 0.244. The maximum atomic E-state index is 5.54. The Bertz CT molecular complexity index is 373. The third-order valence-electron chi connectivity index (χ3n) is 3.95. The summed E-state index contributed by atoms with van der Waals surface area (Å²) in [6.45, 7) is 7.40. The van der Waals surface area contributed by atoms with Gasteiger partial charge in [0.05, 0.1) is 26.1 Å². The van der Waals surface area contributed by atoms with Crippen molar-refractivity contribution in [2.24, 2.45) is 0 Å². The summed E-state index contributed by atoms with van der Waals surface area (Å²) < 4.78 is 12.7. The average molecular weight is 267 g/mol. The molecule has 1 fully saturated rings. The lowest BCUT2D eigenvalue weighted by atomic mass is 9.78. The highest BCUT2D eigenvalue weighted by molar-refractivity contribution is 5.15. The van der Waals surface area contributed by atoms with E-state index in [0.717, 1.165) is 19.6 Å². The molecule has 1 aromatic heterocycles. The maximum absolute atomic E-state index is 5.54. The van der Waals surface area contributed by atoms with Gasteiger partial charge in [-0.15, -0.1) is 0 Å². The van der Waals surface area contributed by atoms with Crippen molar-refractivity contribution in [2.75, 3.05) is 40.0 Å². The third kappa shape index (κ3) is 3.78. The highest BCUT2D eigenvalue weighted by atomic mass is 16.5. The molecule has 0 radical (unpaired) electrons. The van der Waals surface area contributed by atoms with Gasteiger partial charge in [0.25, 0.3) is 0 Å². The molecule has 0 unspecified atom stereocenters. The normalized spacial score (nSPS) is 18.6. The Morgan fingerprint density at radius 3 is 2.84 bits per heavy atom. The van der Waals surface area contributed by atoms with Crippen molar-refractivity contribution >= 4 is 0 Å². The molecule has 2 heterocycles. The van der Waals surface area contributed by atoms with Gasteiger partial charge in [-0.3, -0.25) is 0 Å². The van der Waals surface area contributed by atoms with E-state index in [1.54, 1.807) is 7.11 Å². The van der Waals surface area contributed by atoms with E-state index in [1.807, 2.05) is 12.5 Å². The first-order valence-corrected chi connectivity index (χ1v) is 7.04. The molecule has 0 atom stereocenters. The first kappa shape index (κ1) is 14.5. The summed E-state index contributed by atoms with van der Waals surface area (Å²) in [5.41, 5.74) is 1.58. The van der Waals surface area contributed by atoms with E-state index in [2.05, 4.69) is 21.8 Å². The van der Waals surface area contributed by atoms with Gasteiger partial charge in [0.2, 0.25) is 0 Å². The van der Waals surface area contributed by atoms with Crippen molar-refractivity contribution in [3.63, 3.8) is 0 Å². The second-order valence-electron chi connectivity index (χ2n) is 5.39. The van der Waals surface area contributed by atoms with Gasteiger partial charge >= 0.3 is 0 Å². The Labute approximate surface area is 115 Å². The zero-order valence-electron chi connectivity index (χ0n) is 12.0. The summed E-state index contributed by atoms with van der Waals surface area (Å²) >= 11 is 0. The van der Waals surface area contributed by atoms with Crippen LogP contribution in [0.5, 0.6) is 0 Å². The van der Waals surface area contributed by atoms with Gasteiger partial charge in [-0.2, -0.15) is 0 Å². The lowest BCUT2D eigenvalue weighted by molar-refractivity contribution is 0.0659. The third-order valence-corrected chi connectivity index (χ3v) is 3.95. The van der Waals surface area contributed by atoms with Crippen molar-refractivity contribution in [1.82, 2.24) is 14.9 Å². The molecule has 1 aromatic rings. The lowest BCUT2D eigenvalue weighted by Gasteiger charge is -2.34. The van der Waals surface area contributed by atoms with Crippen LogP contribution < -0.4 is 5.32 Å². The number of ether oxygens (including phenoxy) is 2. The number of hydrogen-bond donors (Lipinski definition) is 1. The standard InChI is InChI=1S/C14H25N3O2/c1-14(3-5-15-6-4-14)13-11-16-12-17(13)7-8-19-10-9-18-2/h11-12,15H,3-10H2,1-2H3. The molecule has 1 aliphatic rings. The predicted molar refractivity (Wildman–Crippen MR) is 74.4 cm³/mol. The zero-order chi connectivity index (χ0) is 13.6. The topological polar surface area (TPSA) is 48.3 Å². The highest BCUT2D eigenvalue weighted by Gasteiger charge is 2.31. The molecule has 0 spiro atoms. The molecule has 0 aliphatic carbocycles. The van der Waals surface area contributed by atoms with E-state index in [1.165, 1.54) is 18.5 Å². The number of imidazole rings is 1. The largest absolute Gasteiger partial charge is 0.382 e. The molecule has 108 valence electrons. The Kier molecular flexibility index (Phi) is 5.36. The number of aromatic nitrogens is 2. The number of hydrogen-bond acceptors (Lipinski definition) is 4. The van der Waals surface area contributed by atoms with Gasteiger partial charge in [-0.1, -0.05) is 6.92 Å². The van der Waals surface area contributed by atoms with Crippen LogP contribution in [0, 0.1) is 0 Å². The summed E-state index contributed by atoms with van der Waals surface area (Å²) in [6, 6.07) is 0. The fourth-order valence-electron chi connectivity index (χ4n) is 2.64. The van der Waals surface area contributed by atoms with Gasteiger partial charge in [0.1, 0.15) is 0 Å². The summed E-state index contributed by atoms with van der Waals surface area (Å²) in [4.78, 5) is 4.32. The van der Waals surface area contributed by atoms with Gasteiger partial charge in [-0.25, -0.2) is 4.98 Å². The summed E-state index contributed by atoms with van der Waals surface area (Å²) in [5.74, 6) is 0. The molecule has 2 rings (SSSR count). The Morgan fingerprint density at radius 2 is 2.11 bits per heavy atom. The summed E-state index contributed by atoms with van der Waals surface area (Å²) in [5, 5.41) is 3.42. The van der Waals surface area contributed by atoms with Crippen molar-refractivity contribution in [3.05, 3.63) is 18.2 Å². The molecule has 1 saturated heterocycles. The Morgan fingerprint density at radius 1 is 1.32 bits per heavy atom. The highest BCUT2D eigenvalue weighted by Crippen LogP contribution is 2.32. The van der Waals surface area contributed by atoms with Gasteiger partial charge < -0.3 is 19.4 Å². The molecule has 0 bridgehead atoms. The van der Waals surface area contributed by atoms with Gasteiger partial charge in [0, 0.05) is 31.0 Å². The molecule has 5 heteroatoms. The van der Waals surface area contributed by atoms with Crippen molar-refractivity contribution in [1.29, 1.82) is 0 Å². The van der Waals surface area contributed by atoms with E-state index in [9.17, 15) is 0 Å². The minimum absolute atomic E-state index is 0.244. The number of nitrogens with zero attached hydrogens (tertiary/aromatic N) is 2. The van der Waals surface area contributed by atoms with E-state index in [0.29, 0.717) is 19.8 Å². The summed E-state index contributed by atoms with van der Waals surface area (Å²) in [6.07, 6.45) is 6.27. The first-order chi connectivity index (χ1) is 9.26. The van der Waals surface area contributed by atoms with Gasteiger partial charge in [0.15, 0.2) is 0 Å². The van der Waals surface area contributed by atoms with Crippen LogP contribution in [0.25, 0.3) is 0 Å². The second kappa shape index (κ2) is 7.03. The Hall–Kier alpha value is -0.910. The molecular weight excluding hydrogens is 242 g/mol. The second-order valence-corrected chi connectivity index (χ2v) is 5.39. The fraction of sp³-hybridized carbons (Fsp3) is 0.786. The molecular formula is C14H25N3O2. The molecule has 0 saturated carbocycles. The van der Waals surface area contributed by atoms with Crippen LogP contribution in [0.2, 0.25) is 0 Å². The zero-order valence-corrected chi connectivity index (χ0v) is 12.0. The summed E-state index contributed by atoms with van der Waals surface area (Å²) in [7, 11) is 1.69. The molecule has 5 nitrogen and oxygen atoms in total. The van der Waals surface area contributed by atoms with Crippen LogP contribution in [0.3, 0.4) is 0 Å². The monoisotopic (exact) mass is 267 g/mol. The van der Waals surface area contributed by atoms with Crippen molar-refractivity contribution in [3.8, 4) is 0 Å². The number of piperidine rings is 1. The van der Waals surface area contributed by atoms with Crippen LogP contribution in [0.1, 0.15) is 25.5 Å². The molecule has 1 aliphatic heterocycles. The first-order valence-electron chi connectivity index (χ1n) is 7.04. The van der Waals surface area contributed by atoms with Gasteiger partial charge in [-0.05, 0) is 25.9 Å². The average Bonchev–Trinajstić information content (AvgIpc) is 2.89. The maximum Gasteiger partial charge on any atom is 0.0949 e. The minimum Gasteiger partial charge on any atom is -0.382 e. The fourth-order valence-corrected chi connectivity index (χ4v) is 2.64. The van der Waals surface area contributed by atoms with Crippen LogP contribution in [0.4, 0.5) is 0 Å². The number of methoxy groups -OCH3 is 1. The van der Waals surface area contributed by atoms with E-state index in [-0.39, 0.29) is 5.41 Å². The smallest absolute Gasteiger partial charge is 0.0949 e. The van der Waals surface area contributed by atoms with Crippen molar-refractivity contribution in [2.45, 2.75) is 31.7 Å². The lowest BCUT2D eigenvalue weighted by Crippen LogP contribution is -2.39.